The molecular formula is C7H10NaP. The van der Waals surface area contributed by atoms with Gasteiger partial charge in [0.1, 0.15) is 0 Å². The molecule has 1 atom stereocenters. The Labute approximate surface area is 80.5 Å². The number of hydrogen-bond acceptors (Lipinski definition) is 0. The van der Waals surface area contributed by atoms with Crippen LogP contribution in [0.4, 0.5) is 0 Å². The van der Waals surface area contributed by atoms with Crippen molar-refractivity contribution in [3.63, 3.8) is 0 Å². The Bertz CT molecular complexity index is 150. The van der Waals surface area contributed by atoms with E-state index in [1.54, 1.807) is 0 Å². The summed E-state index contributed by atoms with van der Waals surface area (Å²) in [6.45, 7) is 0. The molecule has 0 aliphatic carbocycles. The monoisotopic (exact) mass is 148 g/mol. The summed E-state index contributed by atoms with van der Waals surface area (Å²) in [5, 5.41) is 0. The molecule has 44 valence electrons. The second kappa shape index (κ2) is 5.44. The summed E-state index contributed by atoms with van der Waals surface area (Å²) in [6, 6.07) is 10.4. The average Bonchev–Trinajstić information content (AvgIpc) is 1.90. The first-order valence-corrected chi connectivity index (χ1v) is 3.49. The molecule has 0 nitrogen and oxygen atoms in total. The molecule has 0 amide bonds. The van der Waals surface area contributed by atoms with Gasteiger partial charge in [0, 0.05) is 0 Å². The second-order valence-electron chi connectivity index (χ2n) is 1.69. The van der Waals surface area contributed by atoms with Gasteiger partial charge in [-0.3, -0.25) is 0 Å². The van der Waals surface area contributed by atoms with Crippen LogP contribution in [0.3, 0.4) is 0 Å². The van der Waals surface area contributed by atoms with Crippen molar-refractivity contribution in [1.29, 1.82) is 0 Å². The van der Waals surface area contributed by atoms with Crippen molar-refractivity contribution in [3.8, 4) is 0 Å². The molecule has 0 spiro atoms. The maximum absolute atomic E-state index is 2.69. The fourth-order valence-electron chi connectivity index (χ4n) is 0.614. The van der Waals surface area contributed by atoms with E-state index in [0.717, 1.165) is 6.16 Å². The van der Waals surface area contributed by atoms with Gasteiger partial charge in [-0.2, -0.15) is 0 Å². The summed E-state index contributed by atoms with van der Waals surface area (Å²) in [6.07, 6.45) is 1.06. The summed E-state index contributed by atoms with van der Waals surface area (Å²) in [4.78, 5) is 0. The van der Waals surface area contributed by atoms with E-state index in [1.165, 1.54) is 5.56 Å². The van der Waals surface area contributed by atoms with Gasteiger partial charge in [-0.1, -0.05) is 30.3 Å². The molecule has 1 aromatic carbocycles. The normalized spacial score (nSPS) is 8.11. The van der Waals surface area contributed by atoms with Crippen molar-refractivity contribution < 1.29 is 0 Å². The first-order valence-electron chi connectivity index (χ1n) is 2.67. The van der Waals surface area contributed by atoms with Gasteiger partial charge in [0.05, 0.1) is 0 Å². The van der Waals surface area contributed by atoms with E-state index < -0.39 is 0 Å². The van der Waals surface area contributed by atoms with Crippen LogP contribution in [-0.4, -0.2) is 29.6 Å². The molecule has 0 saturated carbocycles. The van der Waals surface area contributed by atoms with Gasteiger partial charge in [0.25, 0.3) is 0 Å². The van der Waals surface area contributed by atoms with E-state index >= 15 is 0 Å². The van der Waals surface area contributed by atoms with E-state index in [4.69, 9.17) is 0 Å². The second-order valence-corrected chi connectivity index (χ2v) is 2.10. The fourth-order valence-corrected chi connectivity index (χ4v) is 0.886. The van der Waals surface area contributed by atoms with E-state index in [-0.39, 0.29) is 29.6 Å². The van der Waals surface area contributed by atoms with Gasteiger partial charge >= 0.3 is 29.6 Å². The molecule has 1 aromatic rings. The Morgan fingerprint density at radius 3 is 2.00 bits per heavy atom. The standard InChI is InChI=1S/C7H9P.Na.H/c8-6-7-4-2-1-3-5-7;;/h1-5H,6,8H2;;. The number of hydrogen-bond donors (Lipinski definition) is 0. The molecule has 0 radical (unpaired) electrons. The molecule has 0 aliphatic heterocycles. The molecule has 0 fully saturated rings. The Morgan fingerprint density at radius 1 is 1.11 bits per heavy atom. The number of rotatable bonds is 1. The van der Waals surface area contributed by atoms with Crippen molar-refractivity contribution in [2.45, 2.75) is 6.16 Å². The van der Waals surface area contributed by atoms with E-state index in [0.29, 0.717) is 0 Å². The van der Waals surface area contributed by atoms with Crippen LogP contribution >= 0.6 is 9.24 Å². The quantitative estimate of drug-likeness (QED) is 0.417. The average molecular weight is 148 g/mol. The topological polar surface area (TPSA) is 0 Å². The summed E-state index contributed by atoms with van der Waals surface area (Å²) in [5.74, 6) is 0. The van der Waals surface area contributed by atoms with Crippen LogP contribution in [0.25, 0.3) is 0 Å². The van der Waals surface area contributed by atoms with Gasteiger partial charge in [-0.15, -0.1) is 9.24 Å². The molecule has 0 aliphatic rings. The Kier molecular flexibility index (Phi) is 5.83. The molecular weight excluding hydrogens is 138 g/mol. The number of benzene rings is 1. The molecule has 0 bridgehead atoms. The minimum absolute atomic E-state index is 0. The van der Waals surface area contributed by atoms with Gasteiger partial charge in [-0.05, 0) is 11.7 Å². The molecule has 9 heavy (non-hydrogen) atoms. The van der Waals surface area contributed by atoms with Gasteiger partial charge < -0.3 is 0 Å². The first kappa shape index (κ1) is 9.65. The zero-order valence-corrected chi connectivity index (χ0v) is 5.83. The molecule has 0 N–H and O–H groups in total. The Hall–Kier alpha value is 0.650. The predicted octanol–water partition coefficient (Wildman–Crippen LogP) is 1.41. The van der Waals surface area contributed by atoms with Crippen LogP contribution in [0.2, 0.25) is 0 Å². The van der Waals surface area contributed by atoms with Crippen molar-refractivity contribution in [3.05, 3.63) is 35.9 Å². The van der Waals surface area contributed by atoms with Crippen molar-refractivity contribution in [2.24, 2.45) is 0 Å². The fraction of sp³-hybridized carbons (Fsp3) is 0.143. The van der Waals surface area contributed by atoms with Crippen LogP contribution in [0.5, 0.6) is 0 Å². The van der Waals surface area contributed by atoms with Gasteiger partial charge in [0.15, 0.2) is 0 Å². The molecule has 0 heterocycles. The summed E-state index contributed by atoms with van der Waals surface area (Å²) >= 11 is 0. The molecule has 1 rings (SSSR count). The van der Waals surface area contributed by atoms with Crippen molar-refractivity contribution in [1.82, 2.24) is 0 Å². The van der Waals surface area contributed by atoms with Gasteiger partial charge in [-0.25, -0.2) is 0 Å². The third kappa shape index (κ3) is 3.37. The summed E-state index contributed by atoms with van der Waals surface area (Å²) in [7, 11) is 2.69. The van der Waals surface area contributed by atoms with E-state index in [9.17, 15) is 0 Å². The third-order valence-corrected chi connectivity index (χ3v) is 1.55. The third-order valence-electron chi connectivity index (χ3n) is 1.08. The van der Waals surface area contributed by atoms with E-state index in [2.05, 4.69) is 33.5 Å². The Morgan fingerprint density at radius 2 is 1.67 bits per heavy atom. The van der Waals surface area contributed by atoms with Crippen molar-refractivity contribution >= 4 is 38.8 Å². The SMILES string of the molecule is PCc1ccccc1.[NaH]. The van der Waals surface area contributed by atoms with Crippen LogP contribution in [-0.2, 0) is 6.16 Å². The summed E-state index contributed by atoms with van der Waals surface area (Å²) in [5.41, 5.74) is 1.37. The van der Waals surface area contributed by atoms with Crippen molar-refractivity contribution in [2.75, 3.05) is 0 Å². The predicted molar refractivity (Wildman–Crippen MR) is 47.0 cm³/mol. The molecule has 0 saturated heterocycles. The first-order chi connectivity index (χ1) is 3.93. The molecule has 1 unspecified atom stereocenters. The zero-order valence-electron chi connectivity index (χ0n) is 4.67. The minimum atomic E-state index is 0. The summed E-state index contributed by atoms with van der Waals surface area (Å²) < 4.78 is 0. The van der Waals surface area contributed by atoms with Crippen LogP contribution in [0.1, 0.15) is 5.56 Å². The van der Waals surface area contributed by atoms with Crippen LogP contribution in [0.15, 0.2) is 30.3 Å². The molecule has 2 heteroatoms. The van der Waals surface area contributed by atoms with Gasteiger partial charge in [0.2, 0.25) is 0 Å². The maximum atomic E-state index is 2.69. The Balaban J connectivity index is 0.000000640. The van der Waals surface area contributed by atoms with Crippen LogP contribution in [0, 0.1) is 0 Å². The molecule has 0 aromatic heterocycles. The van der Waals surface area contributed by atoms with E-state index in [1.807, 2.05) is 6.07 Å². The van der Waals surface area contributed by atoms with Crippen LogP contribution < -0.4 is 0 Å². The zero-order chi connectivity index (χ0) is 5.82.